The molecule has 1 heterocycles. The summed E-state index contributed by atoms with van der Waals surface area (Å²) in [5, 5.41) is 0. The van der Waals surface area contributed by atoms with E-state index in [4.69, 9.17) is 0 Å². The average molecular weight is 231 g/mol. The molecule has 1 aliphatic rings. The van der Waals surface area contributed by atoms with Crippen molar-refractivity contribution in [1.82, 2.24) is 0 Å². The maximum atomic E-state index is 10.8. The number of carbonyl (C=O) groups excluding carboxylic acids is 1. The van der Waals surface area contributed by atoms with Crippen molar-refractivity contribution >= 4 is 12.0 Å². The van der Waals surface area contributed by atoms with Gasteiger partial charge in [-0.15, -0.1) is 0 Å². The van der Waals surface area contributed by atoms with Crippen molar-refractivity contribution in [1.29, 1.82) is 0 Å². The van der Waals surface area contributed by atoms with Crippen LogP contribution in [0.5, 0.6) is 0 Å². The molecule has 2 atom stereocenters. The topological polar surface area (TPSA) is 20.3 Å². The van der Waals surface area contributed by atoms with Crippen LogP contribution in [0.3, 0.4) is 0 Å². The van der Waals surface area contributed by atoms with Crippen LogP contribution in [0.4, 0.5) is 5.69 Å². The van der Waals surface area contributed by atoms with E-state index < -0.39 is 0 Å². The Bertz CT molecular complexity index is 413. The number of nitrogens with zero attached hydrogens (tertiary/aromatic N) is 1. The molecule has 2 heteroatoms. The second kappa shape index (κ2) is 4.91. The summed E-state index contributed by atoms with van der Waals surface area (Å²) in [6, 6.07) is 6.75. The van der Waals surface area contributed by atoms with Crippen molar-refractivity contribution in [2.24, 2.45) is 5.92 Å². The second-order valence-electron chi connectivity index (χ2n) is 5.34. The second-order valence-corrected chi connectivity index (χ2v) is 5.34. The Morgan fingerprint density at radius 2 is 2.06 bits per heavy atom. The molecule has 2 unspecified atom stereocenters. The number of rotatable bonds is 2. The standard InChI is InChI=1S/C15H21NO/c1-11-4-5-13(3)16(9-11)15-7-6-14(10-17)12(2)8-15/h6-8,10-11,13H,4-5,9H2,1-3H3. The third kappa shape index (κ3) is 2.51. The Balaban J connectivity index is 2.26. The lowest BCUT2D eigenvalue weighted by Crippen LogP contribution is -2.41. The predicted molar refractivity (Wildman–Crippen MR) is 71.8 cm³/mol. The van der Waals surface area contributed by atoms with Gasteiger partial charge in [-0.1, -0.05) is 6.92 Å². The number of carbonyl (C=O) groups is 1. The molecule has 1 fully saturated rings. The van der Waals surface area contributed by atoms with Crippen LogP contribution in [0.2, 0.25) is 0 Å². The maximum Gasteiger partial charge on any atom is 0.150 e. The Kier molecular flexibility index (Phi) is 3.51. The van der Waals surface area contributed by atoms with Crippen molar-refractivity contribution in [3.63, 3.8) is 0 Å². The van der Waals surface area contributed by atoms with Gasteiger partial charge in [0.05, 0.1) is 0 Å². The quantitative estimate of drug-likeness (QED) is 0.727. The number of benzene rings is 1. The highest BCUT2D eigenvalue weighted by Crippen LogP contribution is 2.28. The van der Waals surface area contributed by atoms with Crippen LogP contribution in [-0.2, 0) is 0 Å². The Hall–Kier alpha value is -1.31. The molecule has 1 aromatic rings. The van der Waals surface area contributed by atoms with Gasteiger partial charge in [0.1, 0.15) is 6.29 Å². The first kappa shape index (κ1) is 12.2. The number of anilines is 1. The normalized spacial score (nSPS) is 24.8. The van der Waals surface area contributed by atoms with Crippen LogP contribution in [0.25, 0.3) is 0 Å². The van der Waals surface area contributed by atoms with Gasteiger partial charge in [-0.2, -0.15) is 0 Å². The van der Waals surface area contributed by atoms with Crippen molar-refractivity contribution in [2.75, 3.05) is 11.4 Å². The summed E-state index contributed by atoms with van der Waals surface area (Å²) >= 11 is 0. The van der Waals surface area contributed by atoms with Gasteiger partial charge >= 0.3 is 0 Å². The van der Waals surface area contributed by atoms with E-state index in [2.05, 4.69) is 30.9 Å². The fraction of sp³-hybridized carbons (Fsp3) is 0.533. The van der Waals surface area contributed by atoms with Crippen molar-refractivity contribution in [2.45, 2.75) is 39.7 Å². The summed E-state index contributed by atoms with van der Waals surface area (Å²) in [4.78, 5) is 13.3. The van der Waals surface area contributed by atoms with Gasteiger partial charge in [0.15, 0.2) is 0 Å². The number of aldehydes is 1. The van der Waals surface area contributed by atoms with Gasteiger partial charge in [-0.25, -0.2) is 0 Å². The number of hydrogen-bond acceptors (Lipinski definition) is 2. The van der Waals surface area contributed by atoms with Crippen LogP contribution in [0, 0.1) is 12.8 Å². The summed E-state index contributed by atoms with van der Waals surface area (Å²) < 4.78 is 0. The van der Waals surface area contributed by atoms with Crippen LogP contribution >= 0.6 is 0 Å². The molecule has 0 saturated carbocycles. The first-order chi connectivity index (χ1) is 8.11. The highest BCUT2D eigenvalue weighted by atomic mass is 16.1. The molecule has 0 spiro atoms. The van der Waals surface area contributed by atoms with E-state index in [-0.39, 0.29) is 0 Å². The minimum absolute atomic E-state index is 0.604. The molecule has 0 N–H and O–H groups in total. The van der Waals surface area contributed by atoms with E-state index in [1.807, 2.05) is 13.0 Å². The zero-order valence-corrected chi connectivity index (χ0v) is 10.9. The van der Waals surface area contributed by atoms with E-state index >= 15 is 0 Å². The van der Waals surface area contributed by atoms with Gasteiger partial charge in [-0.3, -0.25) is 4.79 Å². The third-order valence-corrected chi connectivity index (χ3v) is 3.83. The SMILES string of the molecule is Cc1cc(N2CC(C)CCC2C)ccc1C=O. The molecular formula is C15H21NO. The van der Waals surface area contributed by atoms with Gasteiger partial charge in [0, 0.05) is 23.8 Å². The molecule has 92 valence electrons. The maximum absolute atomic E-state index is 10.8. The molecule has 0 aromatic heterocycles. The summed E-state index contributed by atoms with van der Waals surface area (Å²) in [5.41, 5.74) is 3.13. The molecule has 1 saturated heterocycles. The number of aryl methyl sites for hydroxylation is 1. The molecule has 2 rings (SSSR count). The fourth-order valence-corrected chi connectivity index (χ4v) is 2.62. The zero-order valence-electron chi connectivity index (χ0n) is 10.9. The smallest absolute Gasteiger partial charge is 0.150 e. The monoisotopic (exact) mass is 231 g/mol. The molecule has 0 bridgehead atoms. The lowest BCUT2D eigenvalue weighted by atomic mass is 9.94. The lowest BCUT2D eigenvalue weighted by Gasteiger charge is -2.38. The third-order valence-electron chi connectivity index (χ3n) is 3.83. The van der Waals surface area contributed by atoms with Gasteiger partial charge < -0.3 is 4.90 Å². The summed E-state index contributed by atoms with van der Waals surface area (Å²) in [5.74, 6) is 0.761. The van der Waals surface area contributed by atoms with Gasteiger partial charge in [0.2, 0.25) is 0 Å². The van der Waals surface area contributed by atoms with E-state index in [1.165, 1.54) is 18.5 Å². The highest BCUT2D eigenvalue weighted by molar-refractivity contribution is 5.78. The average Bonchev–Trinajstić information content (AvgIpc) is 2.32. The largest absolute Gasteiger partial charge is 0.369 e. The molecular weight excluding hydrogens is 210 g/mol. The molecule has 17 heavy (non-hydrogen) atoms. The highest BCUT2D eigenvalue weighted by Gasteiger charge is 2.23. The van der Waals surface area contributed by atoms with E-state index in [0.717, 1.165) is 29.9 Å². The van der Waals surface area contributed by atoms with Crippen LogP contribution < -0.4 is 4.90 Å². The molecule has 0 radical (unpaired) electrons. The van der Waals surface area contributed by atoms with Crippen molar-refractivity contribution in [3.05, 3.63) is 29.3 Å². The Labute approximate surface area is 104 Å². The molecule has 0 aliphatic carbocycles. The molecule has 1 aromatic carbocycles. The molecule has 2 nitrogen and oxygen atoms in total. The lowest BCUT2D eigenvalue weighted by molar-refractivity contribution is 0.112. The first-order valence-corrected chi connectivity index (χ1v) is 6.44. The Morgan fingerprint density at radius 3 is 2.71 bits per heavy atom. The van der Waals surface area contributed by atoms with Crippen molar-refractivity contribution < 1.29 is 4.79 Å². The summed E-state index contributed by atoms with van der Waals surface area (Å²) in [6.45, 7) is 7.73. The van der Waals surface area contributed by atoms with Crippen LogP contribution in [0.1, 0.15) is 42.6 Å². The van der Waals surface area contributed by atoms with Gasteiger partial charge in [0.25, 0.3) is 0 Å². The minimum atomic E-state index is 0.604. The van der Waals surface area contributed by atoms with Crippen molar-refractivity contribution in [3.8, 4) is 0 Å². The summed E-state index contributed by atoms with van der Waals surface area (Å²) in [6.07, 6.45) is 3.51. The van der Waals surface area contributed by atoms with E-state index in [1.54, 1.807) is 0 Å². The van der Waals surface area contributed by atoms with E-state index in [0.29, 0.717) is 6.04 Å². The number of hydrogen-bond donors (Lipinski definition) is 0. The fourth-order valence-electron chi connectivity index (χ4n) is 2.62. The Morgan fingerprint density at radius 1 is 1.29 bits per heavy atom. The van der Waals surface area contributed by atoms with Crippen LogP contribution in [0.15, 0.2) is 18.2 Å². The summed E-state index contributed by atoms with van der Waals surface area (Å²) in [7, 11) is 0. The molecule has 0 amide bonds. The zero-order chi connectivity index (χ0) is 12.4. The van der Waals surface area contributed by atoms with Crippen LogP contribution in [-0.4, -0.2) is 18.9 Å². The van der Waals surface area contributed by atoms with E-state index in [9.17, 15) is 4.79 Å². The predicted octanol–water partition coefficient (Wildman–Crippen LogP) is 3.43. The molecule has 1 aliphatic heterocycles. The van der Waals surface area contributed by atoms with Gasteiger partial charge in [-0.05, 0) is 56.4 Å². The number of piperidine rings is 1. The first-order valence-electron chi connectivity index (χ1n) is 6.44. The minimum Gasteiger partial charge on any atom is -0.369 e.